The van der Waals surface area contributed by atoms with Crippen molar-refractivity contribution in [3.8, 4) is 0 Å². The second-order valence-electron chi connectivity index (χ2n) is 5.15. The number of benzene rings is 1. The molecule has 0 aromatic heterocycles. The summed E-state index contributed by atoms with van der Waals surface area (Å²) in [6.07, 6.45) is 0.798. The highest BCUT2D eigenvalue weighted by atomic mass is 32.2. The van der Waals surface area contributed by atoms with Crippen LogP contribution in [-0.2, 0) is 14.3 Å². The molecule has 6 heteroatoms. The molecule has 0 saturated carbocycles. The number of thioether (sulfide) groups is 1. The number of likely N-dealkylation sites (N-methyl/N-ethyl adjacent to an activating group) is 1. The Kier molecular flexibility index (Phi) is 4.23. The van der Waals surface area contributed by atoms with Crippen molar-refractivity contribution in [2.45, 2.75) is 25.2 Å². The number of allylic oxidation sites excluding steroid dienone is 1. The smallest absolute Gasteiger partial charge is 0.334 e. The number of nitrogens with zero attached hydrogens (tertiary/aromatic N) is 1. The fraction of sp³-hybridized carbons (Fsp3) is 0.375. The van der Waals surface area contributed by atoms with Crippen molar-refractivity contribution < 1.29 is 12.6 Å². The van der Waals surface area contributed by atoms with Gasteiger partial charge in [0.15, 0.2) is 5.76 Å². The normalized spacial score (nSPS) is 19.5. The second kappa shape index (κ2) is 6.01. The van der Waals surface area contributed by atoms with E-state index in [1.54, 1.807) is 11.8 Å². The number of fused-ring (bicyclic) bond motifs is 2. The van der Waals surface area contributed by atoms with Crippen LogP contribution in [0.1, 0.15) is 25.8 Å². The van der Waals surface area contributed by atoms with E-state index in [-0.39, 0.29) is 0 Å². The van der Waals surface area contributed by atoms with E-state index < -0.39 is 10.1 Å². The first kappa shape index (κ1) is 15.5. The van der Waals surface area contributed by atoms with Gasteiger partial charge in [-0.05, 0) is 26.3 Å². The number of hydrogen-bond donors (Lipinski definition) is 0. The Bertz CT molecular complexity index is 746. The molecule has 2 heterocycles. The molecule has 0 atom stereocenters. The second-order valence-corrected chi connectivity index (χ2v) is 7.68. The summed E-state index contributed by atoms with van der Waals surface area (Å²) < 4.78 is 29.8. The van der Waals surface area contributed by atoms with Crippen LogP contribution in [0.4, 0.5) is 0 Å². The van der Waals surface area contributed by atoms with Crippen LogP contribution >= 0.6 is 11.8 Å². The highest BCUT2D eigenvalue weighted by Gasteiger charge is 2.31. The van der Waals surface area contributed by atoms with E-state index in [1.165, 1.54) is 5.41 Å². The lowest BCUT2D eigenvalue weighted by Gasteiger charge is -2.30. The van der Waals surface area contributed by atoms with E-state index in [4.69, 9.17) is 4.18 Å². The van der Waals surface area contributed by atoms with Gasteiger partial charge in [0.1, 0.15) is 0 Å². The molecular weight excluding hydrogens is 318 g/mol. The SMILES string of the molecule is CCN(CC)C1=CS(=O)(=O)OC2=C1CCSc1ccccc12. The van der Waals surface area contributed by atoms with E-state index in [9.17, 15) is 8.42 Å². The summed E-state index contributed by atoms with van der Waals surface area (Å²) in [5.41, 5.74) is 2.65. The van der Waals surface area contributed by atoms with E-state index in [0.717, 1.165) is 47.0 Å². The molecule has 0 radical (unpaired) electrons. The van der Waals surface area contributed by atoms with Gasteiger partial charge in [-0.1, -0.05) is 18.2 Å². The highest BCUT2D eigenvalue weighted by molar-refractivity contribution is 7.99. The van der Waals surface area contributed by atoms with Gasteiger partial charge >= 0.3 is 10.1 Å². The molecule has 1 aromatic carbocycles. The van der Waals surface area contributed by atoms with E-state index in [2.05, 4.69) is 4.90 Å². The molecule has 0 saturated heterocycles. The number of hydrogen-bond acceptors (Lipinski definition) is 5. The molecule has 3 rings (SSSR count). The molecule has 0 N–H and O–H groups in total. The summed E-state index contributed by atoms with van der Waals surface area (Å²) in [6, 6.07) is 7.83. The molecule has 0 spiro atoms. The summed E-state index contributed by atoms with van der Waals surface area (Å²) in [7, 11) is -3.70. The van der Waals surface area contributed by atoms with Crippen LogP contribution in [0.2, 0.25) is 0 Å². The summed E-state index contributed by atoms with van der Waals surface area (Å²) in [6.45, 7) is 5.60. The predicted octanol–water partition coefficient (Wildman–Crippen LogP) is 3.44. The molecule has 0 bridgehead atoms. The van der Waals surface area contributed by atoms with Gasteiger partial charge in [0, 0.05) is 34.9 Å². The van der Waals surface area contributed by atoms with Crippen molar-refractivity contribution in [2.75, 3.05) is 18.8 Å². The largest absolute Gasteiger partial charge is 0.378 e. The number of rotatable bonds is 3. The van der Waals surface area contributed by atoms with Crippen molar-refractivity contribution in [1.29, 1.82) is 0 Å². The molecule has 0 unspecified atom stereocenters. The molecule has 4 nitrogen and oxygen atoms in total. The monoisotopic (exact) mass is 337 g/mol. The zero-order valence-corrected chi connectivity index (χ0v) is 14.3. The molecule has 0 amide bonds. The van der Waals surface area contributed by atoms with Gasteiger partial charge in [-0.2, -0.15) is 8.42 Å². The molecule has 1 aromatic rings. The minimum Gasteiger partial charge on any atom is -0.378 e. The molecule has 0 fully saturated rings. The molecule has 2 aliphatic rings. The maximum Gasteiger partial charge on any atom is 0.334 e. The van der Waals surface area contributed by atoms with Gasteiger partial charge in [-0.25, -0.2) is 0 Å². The Morgan fingerprint density at radius 3 is 2.68 bits per heavy atom. The first-order chi connectivity index (χ1) is 10.6. The molecule has 0 aliphatic carbocycles. The fourth-order valence-corrected chi connectivity index (χ4v) is 4.89. The maximum atomic E-state index is 12.2. The molecular formula is C16H19NO3S2. The van der Waals surface area contributed by atoms with Crippen LogP contribution in [0.5, 0.6) is 0 Å². The van der Waals surface area contributed by atoms with Crippen LogP contribution in [0, 0.1) is 0 Å². The first-order valence-electron chi connectivity index (χ1n) is 7.42. The zero-order valence-electron chi connectivity index (χ0n) is 12.7. The Balaban J connectivity index is 2.21. The third-order valence-electron chi connectivity index (χ3n) is 3.88. The topological polar surface area (TPSA) is 46.6 Å². The predicted molar refractivity (Wildman–Crippen MR) is 89.7 cm³/mol. The van der Waals surface area contributed by atoms with Crippen molar-refractivity contribution >= 4 is 27.6 Å². The molecule has 22 heavy (non-hydrogen) atoms. The van der Waals surface area contributed by atoms with Crippen molar-refractivity contribution in [2.24, 2.45) is 0 Å². The van der Waals surface area contributed by atoms with Gasteiger partial charge in [-0.15, -0.1) is 11.8 Å². The summed E-state index contributed by atoms with van der Waals surface area (Å²) in [5, 5.41) is 1.28. The summed E-state index contributed by atoms with van der Waals surface area (Å²) >= 11 is 1.74. The standard InChI is InChI=1S/C16H19NO3S2/c1-3-17(4-2)14-11-22(18,19)20-16-12(14)9-10-21-15-8-6-5-7-13(15)16/h5-8,11H,3-4,9-10H2,1-2H3. The summed E-state index contributed by atoms with van der Waals surface area (Å²) in [4.78, 5) is 3.15. The van der Waals surface area contributed by atoms with E-state index in [0.29, 0.717) is 5.76 Å². The lowest BCUT2D eigenvalue weighted by molar-refractivity contribution is 0.379. The third kappa shape index (κ3) is 2.77. The Morgan fingerprint density at radius 2 is 1.95 bits per heavy atom. The lowest BCUT2D eigenvalue weighted by Crippen LogP contribution is -2.27. The minimum absolute atomic E-state index is 0.505. The Labute approximate surface area is 136 Å². The highest BCUT2D eigenvalue weighted by Crippen LogP contribution is 2.42. The Morgan fingerprint density at radius 1 is 1.23 bits per heavy atom. The van der Waals surface area contributed by atoms with Gasteiger partial charge in [0.2, 0.25) is 0 Å². The van der Waals surface area contributed by atoms with Gasteiger partial charge < -0.3 is 9.08 Å². The molecule has 2 aliphatic heterocycles. The van der Waals surface area contributed by atoms with Gasteiger partial charge in [-0.3, -0.25) is 0 Å². The van der Waals surface area contributed by atoms with Crippen LogP contribution in [0.25, 0.3) is 5.76 Å². The van der Waals surface area contributed by atoms with E-state index >= 15 is 0 Å². The quantitative estimate of drug-likeness (QED) is 0.791. The summed E-state index contributed by atoms with van der Waals surface area (Å²) in [5.74, 6) is 1.42. The first-order valence-corrected chi connectivity index (χ1v) is 9.88. The van der Waals surface area contributed by atoms with Gasteiger partial charge in [0.25, 0.3) is 0 Å². The van der Waals surface area contributed by atoms with Crippen LogP contribution < -0.4 is 0 Å². The maximum absolute atomic E-state index is 12.2. The van der Waals surface area contributed by atoms with Crippen molar-refractivity contribution in [3.05, 3.63) is 46.5 Å². The average Bonchev–Trinajstić information content (AvgIpc) is 2.67. The van der Waals surface area contributed by atoms with Crippen LogP contribution in [0.15, 0.2) is 45.8 Å². The van der Waals surface area contributed by atoms with Crippen LogP contribution in [-0.4, -0.2) is 32.2 Å². The molecule has 118 valence electrons. The third-order valence-corrected chi connectivity index (χ3v) is 5.87. The lowest BCUT2D eigenvalue weighted by atomic mass is 10.0. The Hall–Kier alpha value is -1.40. The zero-order chi connectivity index (χ0) is 15.7. The minimum atomic E-state index is -3.70. The fourth-order valence-electron chi connectivity index (χ4n) is 2.84. The van der Waals surface area contributed by atoms with E-state index in [1.807, 2.05) is 38.1 Å². The van der Waals surface area contributed by atoms with Gasteiger partial charge in [0.05, 0.1) is 11.1 Å². The average molecular weight is 337 g/mol. The van der Waals surface area contributed by atoms with Crippen molar-refractivity contribution in [1.82, 2.24) is 4.90 Å². The van der Waals surface area contributed by atoms with Crippen LogP contribution in [0.3, 0.4) is 0 Å². The van der Waals surface area contributed by atoms with Crippen molar-refractivity contribution in [3.63, 3.8) is 0 Å².